The molecule has 3 rings (SSSR count). The third-order valence-electron chi connectivity index (χ3n) is 5.79. The van der Waals surface area contributed by atoms with Crippen LogP contribution in [0.3, 0.4) is 0 Å². The minimum atomic E-state index is -0.771. The van der Waals surface area contributed by atoms with Crippen molar-refractivity contribution in [1.29, 1.82) is 0 Å². The zero-order valence-electron chi connectivity index (χ0n) is 20.0. The number of halogens is 1. The molecule has 1 amide bonds. The van der Waals surface area contributed by atoms with Crippen LogP contribution in [0.2, 0.25) is 0 Å². The summed E-state index contributed by atoms with van der Waals surface area (Å²) in [6.07, 6.45) is 2.69. The molecule has 1 aliphatic heterocycles. The molecular weight excluding hydrogens is 423 g/mol. The van der Waals surface area contributed by atoms with Crippen molar-refractivity contribution in [1.82, 2.24) is 14.8 Å². The first kappa shape index (κ1) is 24.5. The van der Waals surface area contributed by atoms with Gasteiger partial charge in [0.15, 0.2) is 0 Å². The number of amides is 1. The third kappa shape index (κ3) is 5.45. The Kier molecular flexibility index (Phi) is 7.58. The fraction of sp³-hybridized carbons (Fsp3) is 0.440. The maximum Gasteiger partial charge on any atom is 0.267 e. The highest BCUT2D eigenvalue weighted by Crippen LogP contribution is 2.31. The van der Waals surface area contributed by atoms with Gasteiger partial charge in [-0.05, 0) is 51.1 Å². The Balaban J connectivity index is 2.15. The van der Waals surface area contributed by atoms with Crippen LogP contribution in [0, 0.1) is 5.92 Å². The summed E-state index contributed by atoms with van der Waals surface area (Å²) in [4.78, 5) is 30.8. The van der Waals surface area contributed by atoms with Crippen LogP contribution in [0.25, 0.3) is 10.9 Å². The molecular formula is C25H33FN4O3. The highest BCUT2D eigenvalue weighted by Gasteiger charge is 2.24. The number of rotatable bonds is 6. The van der Waals surface area contributed by atoms with Gasteiger partial charge in [-0.1, -0.05) is 19.9 Å². The lowest BCUT2D eigenvalue weighted by molar-refractivity contribution is 0.0962. The van der Waals surface area contributed by atoms with E-state index >= 15 is 0 Å². The quantitative estimate of drug-likeness (QED) is 0.650. The zero-order valence-corrected chi connectivity index (χ0v) is 20.0. The molecule has 8 heteroatoms. The predicted molar refractivity (Wildman–Crippen MR) is 131 cm³/mol. The minimum absolute atomic E-state index is 0.145. The van der Waals surface area contributed by atoms with Crippen molar-refractivity contribution < 1.29 is 14.3 Å². The van der Waals surface area contributed by atoms with Crippen LogP contribution in [-0.2, 0) is 6.54 Å². The number of carbonyl (C=O) groups excluding carboxylic acids is 1. The van der Waals surface area contributed by atoms with E-state index in [0.29, 0.717) is 17.4 Å². The Hall–Kier alpha value is -3.13. The van der Waals surface area contributed by atoms with Crippen LogP contribution in [0.5, 0.6) is 5.75 Å². The molecule has 1 aromatic heterocycles. The van der Waals surface area contributed by atoms with Crippen LogP contribution in [0.4, 0.5) is 10.1 Å². The molecule has 2 aromatic rings. The van der Waals surface area contributed by atoms with E-state index in [2.05, 4.69) is 22.2 Å². The lowest BCUT2D eigenvalue weighted by Gasteiger charge is -2.34. The number of benzene rings is 1. The monoisotopic (exact) mass is 456 g/mol. The SMILES string of the molecule is C/C=C(\C=C(/C)F)NC(=O)c1c(O)c2cc(N3CCN(C)CC3)ccc2n(CC(C)C)c1=O. The Labute approximate surface area is 193 Å². The summed E-state index contributed by atoms with van der Waals surface area (Å²) in [7, 11) is 2.08. The Morgan fingerprint density at radius 3 is 2.48 bits per heavy atom. The molecule has 2 heterocycles. The van der Waals surface area contributed by atoms with E-state index in [1.165, 1.54) is 17.6 Å². The van der Waals surface area contributed by atoms with Crippen molar-refractivity contribution in [2.45, 2.75) is 34.2 Å². The molecule has 33 heavy (non-hydrogen) atoms. The standard InChI is InChI=1S/C25H33FN4O3/c1-6-18(13-17(4)26)27-24(32)22-23(31)20-14-19(29-11-9-28(5)10-12-29)7-8-21(20)30(25(22)33)15-16(2)3/h6-8,13-14,16,31H,9-12,15H2,1-5H3,(H,27,32)/b17-13+,18-6+. The van der Waals surface area contributed by atoms with E-state index in [-0.39, 0.29) is 22.9 Å². The zero-order chi connectivity index (χ0) is 24.3. The van der Waals surface area contributed by atoms with E-state index in [1.54, 1.807) is 6.92 Å². The largest absolute Gasteiger partial charge is 0.506 e. The summed E-state index contributed by atoms with van der Waals surface area (Å²) in [6, 6.07) is 5.63. The number of nitrogens with one attached hydrogen (secondary N) is 1. The van der Waals surface area contributed by atoms with E-state index in [4.69, 9.17) is 0 Å². The van der Waals surface area contributed by atoms with Gasteiger partial charge in [0.25, 0.3) is 11.5 Å². The molecule has 1 aliphatic rings. The first-order valence-electron chi connectivity index (χ1n) is 11.3. The van der Waals surface area contributed by atoms with Gasteiger partial charge in [0.1, 0.15) is 11.3 Å². The number of fused-ring (bicyclic) bond motifs is 1. The molecule has 0 bridgehead atoms. The van der Waals surface area contributed by atoms with Crippen LogP contribution in [-0.4, -0.2) is 53.7 Å². The van der Waals surface area contributed by atoms with Crippen molar-refractivity contribution in [3.05, 3.63) is 57.8 Å². The summed E-state index contributed by atoms with van der Waals surface area (Å²) >= 11 is 0. The Morgan fingerprint density at radius 1 is 1.24 bits per heavy atom. The second-order valence-corrected chi connectivity index (χ2v) is 8.95. The van der Waals surface area contributed by atoms with E-state index in [0.717, 1.165) is 37.9 Å². The van der Waals surface area contributed by atoms with Gasteiger partial charge < -0.3 is 24.8 Å². The predicted octanol–water partition coefficient (Wildman–Crippen LogP) is 3.62. The van der Waals surface area contributed by atoms with E-state index in [9.17, 15) is 19.1 Å². The van der Waals surface area contributed by atoms with Crippen molar-refractivity contribution >= 4 is 22.5 Å². The third-order valence-corrected chi connectivity index (χ3v) is 5.79. The summed E-state index contributed by atoms with van der Waals surface area (Å²) in [5.74, 6) is -1.47. The summed E-state index contributed by atoms with van der Waals surface area (Å²) in [6.45, 7) is 10.8. The molecule has 0 saturated carbocycles. The molecule has 2 N–H and O–H groups in total. The molecule has 0 atom stereocenters. The number of likely N-dealkylation sites (N-methyl/N-ethyl adjacent to an activating group) is 1. The van der Waals surface area contributed by atoms with Crippen molar-refractivity contribution in [3.63, 3.8) is 0 Å². The van der Waals surface area contributed by atoms with Crippen LogP contribution < -0.4 is 15.8 Å². The van der Waals surface area contributed by atoms with Crippen LogP contribution in [0.15, 0.2) is 46.7 Å². The molecule has 0 unspecified atom stereocenters. The number of carbonyl (C=O) groups is 1. The molecule has 1 fully saturated rings. The second kappa shape index (κ2) is 10.2. The lowest BCUT2D eigenvalue weighted by atomic mass is 10.1. The number of nitrogens with zero attached hydrogens (tertiary/aromatic N) is 3. The number of aromatic hydroxyl groups is 1. The molecule has 1 saturated heterocycles. The average Bonchev–Trinajstić information content (AvgIpc) is 2.76. The van der Waals surface area contributed by atoms with Gasteiger partial charge in [0, 0.05) is 49.5 Å². The normalized spacial score (nSPS) is 16.0. The molecule has 0 aliphatic carbocycles. The molecule has 1 aromatic carbocycles. The number of hydrogen-bond acceptors (Lipinski definition) is 5. The summed E-state index contributed by atoms with van der Waals surface area (Å²) in [5, 5.41) is 14.1. The second-order valence-electron chi connectivity index (χ2n) is 8.95. The molecule has 7 nitrogen and oxygen atoms in total. The Bertz CT molecular complexity index is 1150. The minimum Gasteiger partial charge on any atom is -0.506 e. The number of pyridine rings is 1. The van der Waals surface area contributed by atoms with Crippen molar-refractivity contribution in [2.24, 2.45) is 5.92 Å². The fourth-order valence-electron chi connectivity index (χ4n) is 4.04. The Morgan fingerprint density at radius 2 is 1.91 bits per heavy atom. The van der Waals surface area contributed by atoms with Crippen molar-refractivity contribution in [3.8, 4) is 5.75 Å². The number of hydrogen-bond donors (Lipinski definition) is 2. The lowest BCUT2D eigenvalue weighted by Crippen LogP contribution is -2.44. The number of allylic oxidation sites excluding steroid dienone is 3. The highest BCUT2D eigenvalue weighted by molar-refractivity contribution is 6.03. The van der Waals surface area contributed by atoms with Crippen LogP contribution in [0.1, 0.15) is 38.1 Å². The van der Waals surface area contributed by atoms with Crippen molar-refractivity contribution in [2.75, 3.05) is 38.1 Å². The fourth-order valence-corrected chi connectivity index (χ4v) is 4.04. The van der Waals surface area contributed by atoms with Crippen LogP contribution >= 0.6 is 0 Å². The van der Waals surface area contributed by atoms with E-state index in [1.807, 2.05) is 32.0 Å². The number of anilines is 1. The van der Waals surface area contributed by atoms with Gasteiger partial charge in [-0.2, -0.15) is 0 Å². The van der Waals surface area contributed by atoms with Gasteiger partial charge in [-0.3, -0.25) is 9.59 Å². The van der Waals surface area contributed by atoms with Gasteiger partial charge in [-0.15, -0.1) is 0 Å². The molecule has 0 spiro atoms. The number of aromatic nitrogens is 1. The summed E-state index contributed by atoms with van der Waals surface area (Å²) < 4.78 is 14.9. The van der Waals surface area contributed by atoms with E-state index < -0.39 is 17.3 Å². The topological polar surface area (TPSA) is 77.8 Å². The first-order chi connectivity index (χ1) is 15.6. The van der Waals surface area contributed by atoms with Gasteiger partial charge >= 0.3 is 0 Å². The molecule has 178 valence electrons. The first-order valence-corrected chi connectivity index (χ1v) is 11.3. The van der Waals surface area contributed by atoms with Gasteiger partial charge in [0.2, 0.25) is 0 Å². The summed E-state index contributed by atoms with van der Waals surface area (Å²) in [5.41, 5.74) is 0.793. The molecule has 0 radical (unpaired) electrons. The average molecular weight is 457 g/mol. The maximum atomic E-state index is 13.4. The highest BCUT2D eigenvalue weighted by atomic mass is 19.1. The van der Waals surface area contributed by atoms with Gasteiger partial charge in [0.05, 0.1) is 11.3 Å². The number of piperazine rings is 1. The maximum absolute atomic E-state index is 13.4. The smallest absolute Gasteiger partial charge is 0.267 e. The van der Waals surface area contributed by atoms with Gasteiger partial charge in [-0.25, -0.2) is 4.39 Å².